The van der Waals surface area contributed by atoms with Crippen LogP contribution in [0.5, 0.6) is 0 Å². The molecule has 0 bridgehead atoms. The monoisotopic (exact) mass is 770 g/mol. The van der Waals surface area contributed by atoms with Gasteiger partial charge in [0.05, 0.1) is 18.8 Å². The van der Waals surface area contributed by atoms with Crippen LogP contribution in [0.2, 0.25) is 0 Å². The molecule has 0 aromatic carbocycles. The fourth-order valence-electron chi connectivity index (χ4n) is 7.27. The second-order valence-corrected chi connectivity index (χ2v) is 16.5. The van der Waals surface area contributed by atoms with Crippen LogP contribution in [0.25, 0.3) is 0 Å². The lowest BCUT2D eigenvalue weighted by Crippen LogP contribution is -2.45. The summed E-state index contributed by atoms with van der Waals surface area (Å²) in [6, 6.07) is -0.635. The zero-order chi connectivity index (χ0) is 40.0. The molecule has 3 N–H and O–H groups in total. The summed E-state index contributed by atoms with van der Waals surface area (Å²) in [5, 5.41) is 22.8. The molecular weight excluding hydrogens is 675 g/mol. The van der Waals surface area contributed by atoms with Crippen molar-refractivity contribution in [2.45, 2.75) is 264 Å². The van der Waals surface area contributed by atoms with Crippen LogP contribution in [0, 0.1) is 0 Å². The number of aliphatic hydroxyl groups is 2. The van der Waals surface area contributed by atoms with Crippen molar-refractivity contribution in [2.75, 3.05) is 6.61 Å². The SMILES string of the molecule is CCCC/C=C/CC/C=C/C(O)C(CO)NC(=O)CCCCCCCCCCCCCCCCCCCCCCCCC/C=C\C/C=C\CCCCCCC. The smallest absolute Gasteiger partial charge is 0.220 e. The van der Waals surface area contributed by atoms with Crippen LogP contribution in [0.1, 0.15) is 251 Å². The van der Waals surface area contributed by atoms with Crippen molar-refractivity contribution in [1.29, 1.82) is 0 Å². The number of unbranched alkanes of at least 4 members (excludes halogenated alkanes) is 31. The zero-order valence-electron chi connectivity index (χ0n) is 36.9. The Bertz CT molecular complexity index is 877. The molecule has 322 valence electrons. The van der Waals surface area contributed by atoms with Crippen LogP contribution < -0.4 is 5.32 Å². The van der Waals surface area contributed by atoms with E-state index in [1.165, 1.54) is 193 Å². The summed E-state index contributed by atoms with van der Waals surface area (Å²) in [6.45, 7) is 4.22. The third-order valence-corrected chi connectivity index (χ3v) is 11.0. The summed E-state index contributed by atoms with van der Waals surface area (Å²) in [5.41, 5.74) is 0. The lowest BCUT2D eigenvalue weighted by Gasteiger charge is -2.19. The van der Waals surface area contributed by atoms with E-state index in [2.05, 4.69) is 55.6 Å². The summed E-state index contributed by atoms with van der Waals surface area (Å²) in [6.07, 6.45) is 64.2. The van der Waals surface area contributed by atoms with Crippen molar-refractivity contribution in [1.82, 2.24) is 5.32 Å². The van der Waals surface area contributed by atoms with Gasteiger partial charge < -0.3 is 15.5 Å². The Hall–Kier alpha value is -1.65. The molecule has 4 nitrogen and oxygen atoms in total. The van der Waals surface area contributed by atoms with Gasteiger partial charge in [-0.1, -0.05) is 236 Å². The van der Waals surface area contributed by atoms with Gasteiger partial charge in [0.25, 0.3) is 0 Å². The van der Waals surface area contributed by atoms with Crippen LogP contribution in [0.15, 0.2) is 48.6 Å². The van der Waals surface area contributed by atoms with E-state index >= 15 is 0 Å². The molecule has 0 aromatic heterocycles. The fraction of sp³-hybridized carbons (Fsp3) is 0.824. The third-order valence-electron chi connectivity index (χ3n) is 11.0. The first-order valence-corrected chi connectivity index (χ1v) is 24.4. The molecule has 1 amide bonds. The molecule has 0 saturated heterocycles. The predicted molar refractivity (Wildman–Crippen MR) is 244 cm³/mol. The van der Waals surface area contributed by atoms with Crippen molar-refractivity contribution in [3.05, 3.63) is 48.6 Å². The van der Waals surface area contributed by atoms with Crippen molar-refractivity contribution < 1.29 is 15.0 Å². The number of rotatable bonds is 44. The van der Waals surface area contributed by atoms with Gasteiger partial charge >= 0.3 is 0 Å². The number of hydrogen-bond donors (Lipinski definition) is 3. The number of amides is 1. The summed E-state index contributed by atoms with van der Waals surface area (Å²) in [7, 11) is 0. The molecule has 0 aliphatic rings. The molecule has 0 saturated carbocycles. The first-order valence-electron chi connectivity index (χ1n) is 24.4. The van der Waals surface area contributed by atoms with Crippen LogP contribution in [0.3, 0.4) is 0 Å². The molecule has 0 aromatic rings. The first-order chi connectivity index (χ1) is 27.2. The number of aliphatic hydroxyl groups excluding tert-OH is 2. The van der Waals surface area contributed by atoms with Gasteiger partial charge in [-0.25, -0.2) is 0 Å². The maximum atomic E-state index is 12.3. The Labute approximate surface area is 344 Å². The second kappa shape index (κ2) is 46.7. The van der Waals surface area contributed by atoms with Crippen molar-refractivity contribution in [3.63, 3.8) is 0 Å². The lowest BCUT2D eigenvalue weighted by atomic mass is 10.0. The highest BCUT2D eigenvalue weighted by molar-refractivity contribution is 5.76. The highest BCUT2D eigenvalue weighted by atomic mass is 16.3. The van der Waals surface area contributed by atoms with Gasteiger partial charge in [0.15, 0.2) is 0 Å². The largest absolute Gasteiger partial charge is 0.394 e. The molecule has 55 heavy (non-hydrogen) atoms. The molecule has 0 radical (unpaired) electrons. The average molecular weight is 770 g/mol. The minimum Gasteiger partial charge on any atom is -0.394 e. The van der Waals surface area contributed by atoms with Gasteiger partial charge in [-0.15, -0.1) is 0 Å². The van der Waals surface area contributed by atoms with Crippen molar-refractivity contribution in [2.24, 2.45) is 0 Å². The molecule has 4 heteroatoms. The average Bonchev–Trinajstić information content (AvgIpc) is 3.19. The third kappa shape index (κ3) is 43.3. The fourth-order valence-corrected chi connectivity index (χ4v) is 7.27. The first kappa shape index (κ1) is 53.4. The molecule has 0 aliphatic carbocycles. The topological polar surface area (TPSA) is 69.6 Å². The van der Waals surface area contributed by atoms with E-state index in [-0.39, 0.29) is 12.5 Å². The van der Waals surface area contributed by atoms with Crippen molar-refractivity contribution in [3.8, 4) is 0 Å². The van der Waals surface area contributed by atoms with E-state index in [9.17, 15) is 15.0 Å². The van der Waals surface area contributed by atoms with E-state index in [1.807, 2.05) is 6.08 Å². The summed E-state index contributed by atoms with van der Waals surface area (Å²) >= 11 is 0. The molecule has 0 rings (SSSR count). The van der Waals surface area contributed by atoms with Crippen LogP contribution in [-0.2, 0) is 4.79 Å². The molecule has 0 aliphatic heterocycles. The molecule has 0 fully saturated rings. The Kier molecular flexibility index (Phi) is 45.3. The maximum absolute atomic E-state index is 12.3. The molecule has 0 spiro atoms. The predicted octanol–water partition coefficient (Wildman–Crippen LogP) is 15.5. The molecule has 2 unspecified atom stereocenters. The number of hydrogen-bond acceptors (Lipinski definition) is 3. The van der Waals surface area contributed by atoms with E-state index in [1.54, 1.807) is 6.08 Å². The Morgan fingerprint density at radius 3 is 1.22 bits per heavy atom. The van der Waals surface area contributed by atoms with Gasteiger partial charge in [0.2, 0.25) is 5.91 Å². The Balaban J connectivity index is 3.37. The van der Waals surface area contributed by atoms with Crippen LogP contribution >= 0.6 is 0 Å². The van der Waals surface area contributed by atoms with Gasteiger partial charge in [0.1, 0.15) is 0 Å². The number of carbonyl (C=O) groups is 1. The summed E-state index contributed by atoms with van der Waals surface area (Å²) < 4.78 is 0. The van der Waals surface area contributed by atoms with Gasteiger partial charge in [-0.05, 0) is 57.8 Å². The number of allylic oxidation sites excluding steroid dienone is 7. The van der Waals surface area contributed by atoms with E-state index in [0.717, 1.165) is 38.5 Å². The zero-order valence-corrected chi connectivity index (χ0v) is 36.9. The van der Waals surface area contributed by atoms with E-state index < -0.39 is 12.1 Å². The van der Waals surface area contributed by atoms with Crippen LogP contribution in [-0.4, -0.2) is 34.9 Å². The molecule has 2 atom stereocenters. The minimum absolute atomic E-state index is 0.0752. The Morgan fingerprint density at radius 2 is 0.782 bits per heavy atom. The normalized spacial score (nSPS) is 13.3. The van der Waals surface area contributed by atoms with E-state index in [4.69, 9.17) is 0 Å². The Morgan fingerprint density at radius 1 is 0.436 bits per heavy atom. The molecular formula is C51H95NO3. The quantitative estimate of drug-likeness (QED) is 0.0427. The highest BCUT2D eigenvalue weighted by Gasteiger charge is 2.17. The number of nitrogens with one attached hydrogen (secondary N) is 1. The van der Waals surface area contributed by atoms with Crippen molar-refractivity contribution >= 4 is 5.91 Å². The van der Waals surface area contributed by atoms with E-state index in [0.29, 0.717) is 6.42 Å². The maximum Gasteiger partial charge on any atom is 0.220 e. The summed E-state index contributed by atoms with van der Waals surface area (Å²) in [5.74, 6) is -0.0752. The second-order valence-electron chi connectivity index (χ2n) is 16.5. The lowest BCUT2D eigenvalue weighted by molar-refractivity contribution is -0.123. The number of carbonyl (C=O) groups excluding carboxylic acids is 1. The molecule has 0 heterocycles. The highest BCUT2D eigenvalue weighted by Crippen LogP contribution is 2.16. The van der Waals surface area contributed by atoms with Crippen LogP contribution in [0.4, 0.5) is 0 Å². The van der Waals surface area contributed by atoms with Gasteiger partial charge in [-0.3, -0.25) is 4.79 Å². The minimum atomic E-state index is -0.858. The van der Waals surface area contributed by atoms with Gasteiger partial charge in [0, 0.05) is 6.42 Å². The standard InChI is InChI=1S/C51H95NO3/c1-3-5-7-9-11-13-14-15-16-17-18-19-20-21-22-23-24-25-26-27-28-29-30-31-32-33-34-35-36-37-38-39-41-43-45-47-51(55)52-49(48-53)50(54)46-44-42-40-12-10-8-6-4-2/h10,12,14-15,17-18,44,46,49-50,53-54H,3-9,11,13,16,19-43,45,47-48H2,1-2H3,(H,52,55)/b12-10+,15-14-,18-17-,46-44+. The van der Waals surface area contributed by atoms with Gasteiger partial charge in [-0.2, -0.15) is 0 Å². The summed E-state index contributed by atoms with van der Waals surface area (Å²) in [4.78, 5) is 12.3.